The van der Waals surface area contributed by atoms with E-state index in [0.717, 1.165) is 64.2 Å². The highest BCUT2D eigenvalue weighted by atomic mass is 16.6. The number of rotatable bonds is 44. The zero-order valence-electron chi connectivity index (χ0n) is 72.6. The zero-order valence-corrected chi connectivity index (χ0v) is 72.6. The summed E-state index contributed by atoms with van der Waals surface area (Å²) >= 11 is 0. The van der Waals surface area contributed by atoms with Gasteiger partial charge >= 0.3 is 47.8 Å². The van der Waals surface area contributed by atoms with Crippen molar-refractivity contribution in [3.63, 3.8) is 0 Å². The number of unbranched alkanes of at least 4 members (excludes halogenated alkanes) is 2. The van der Waals surface area contributed by atoms with Crippen LogP contribution in [0.4, 0.5) is 0 Å². The zero-order chi connectivity index (χ0) is 87.8. The molecule has 0 saturated heterocycles. The Bertz CT molecular complexity index is 4340. The lowest BCUT2D eigenvalue weighted by Gasteiger charge is -2.42. The summed E-state index contributed by atoms with van der Waals surface area (Å²) in [5, 5.41) is 0. The van der Waals surface area contributed by atoms with E-state index in [9.17, 15) is 38.4 Å². The highest BCUT2D eigenvalue weighted by Crippen LogP contribution is 2.42. The lowest BCUT2D eigenvalue weighted by molar-refractivity contribution is -0.0858. The molecule has 16 nitrogen and oxygen atoms in total. The fourth-order valence-electron chi connectivity index (χ4n) is 14.5. The molecule has 0 spiro atoms. The van der Waals surface area contributed by atoms with Gasteiger partial charge in [-0.25, -0.2) is 38.4 Å². The molecule has 16 heteroatoms. The molecule has 0 aromatic heterocycles. The first-order valence-corrected chi connectivity index (χ1v) is 42.4. The van der Waals surface area contributed by atoms with Gasteiger partial charge in [0.25, 0.3) is 0 Å². The third-order valence-corrected chi connectivity index (χ3v) is 22.1. The van der Waals surface area contributed by atoms with E-state index in [2.05, 4.69) is 54.0 Å². The largest absolute Gasteiger partial charge is 0.459 e. The highest BCUT2D eigenvalue weighted by molar-refractivity contribution is 5.93. The first kappa shape index (κ1) is 99.0. The van der Waals surface area contributed by atoms with Crippen molar-refractivity contribution < 1.29 is 76.3 Å². The van der Waals surface area contributed by atoms with Gasteiger partial charge in [-0.15, -0.1) is 26.3 Å². The summed E-state index contributed by atoms with van der Waals surface area (Å²) in [5.74, 6) is -3.33. The van der Waals surface area contributed by atoms with E-state index >= 15 is 0 Å². The van der Waals surface area contributed by atoms with Crippen LogP contribution in [-0.2, 0) is 37.9 Å². The maximum absolute atomic E-state index is 13.0. The minimum Gasteiger partial charge on any atom is -0.459 e. The van der Waals surface area contributed by atoms with Gasteiger partial charge in [0, 0.05) is 47.3 Å². The van der Waals surface area contributed by atoms with Crippen LogP contribution in [0.25, 0.3) is 0 Å². The molecule has 8 aromatic rings. The normalized spacial score (nSPS) is 14.0. The summed E-state index contributed by atoms with van der Waals surface area (Å²) in [4.78, 5) is 101. The van der Waals surface area contributed by atoms with Gasteiger partial charge in [-0.3, -0.25) is 0 Å². The SMILES string of the molecule is C=CC(CCC)C(OC(=O)c1ccccc1)C(CCC)C(C)OC(=O)c1ccccc1.C=CC(CCCC)C(OC(=O)c1ccccc1)C(CCCC)C(C)OC(=O)c1ccccc1.C=CCC(OC(=O)c1ccccc1)C(C)(C)C(C)OC(=O)c1ccccc1.C=CCC(OC(=O)c1ccccc1)C(CC)(CC)C(C)OC(=O)c1ccccc1. The molecular formula is C104H128O16. The molecule has 120 heavy (non-hydrogen) atoms. The van der Waals surface area contributed by atoms with Crippen molar-refractivity contribution >= 4 is 47.8 Å². The van der Waals surface area contributed by atoms with Crippen LogP contribution in [0.1, 0.15) is 256 Å². The average Bonchev–Trinajstić information content (AvgIpc) is 0.880. The Balaban J connectivity index is 0.000000285. The Morgan fingerprint density at radius 1 is 0.300 bits per heavy atom. The van der Waals surface area contributed by atoms with Crippen molar-refractivity contribution in [2.24, 2.45) is 34.5 Å². The average molecular weight is 1630 g/mol. The Labute approximate surface area is 714 Å². The lowest BCUT2D eigenvalue weighted by Crippen LogP contribution is -2.47. The second kappa shape index (κ2) is 53.8. The van der Waals surface area contributed by atoms with E-state index in [1.54, 1.807) is 158 Å². The molecule has 0 aliphatic rings. The monoisotopic (exact) mass is 1630 g/mol. The van der Waals surface area contributed by atoms with Gasteiger partial charge in [0.15, 0.2) is 0 Å². The van der Waals surface area contributed by atoms with Gasteiger partial charge in [0.05, 0.1) is 44.5 Å². The van der Waals surface area contributed by atoms with E-state index in [-0.39, 0.29) is 59.5 Å². The van der Waals surface area contributed by atoms with Crippen LogP contribution in [0.15, 0.2) is 293 Å². The first-order valence-electron chi connectivity index (χ1n) is 42.4. The van der Waals surface area contributed by atoms with Gasteiger partial charge in [0.1, 0.15) is 48.8 Å². The molecule has 0 N–H and O–H groups in total. The van der Waals surface area contributed by atoms with E-state index < -0.39 is 71.6 Å². The van der Waals surface area contributed by atoms with Crippen molar-refractivity contribution in [1.29, 1.82) is 0 Å². The highest BCUT2D eigenvalue weighted by Gasteiger charge is 2.46. The van der Waals surface area contributed by atoms with Crippen LogP contribution in [0.5, 0.6) is 0 Å². The first-order chi connectivity index (χ1) is 57.9. The van der Waals surface area contributed by atoms with Crippen molar-refractivity contribution in [2.75, 3.05) is 0 Å². The van der Waals surface area contributed by atoms with Crippen LogP contribution >= 0.6 is 0 Å². The van der Waals surface area contributed by atoms with E-state index in [1.807, 2.05) is 165 Å². The minimum atomic E-state index is -0.608. The molecule has 0 heterocycles. The van der Waals surface area contributed by atoms with Gasteiger partial charge < -0.3 is 37.9 Å². The molecule has 0 bridgehead atoms. The van der Waals surface area contributed by atoms with Gasteiger partial charge in [-0.05, 0) is 163 Å². The second-order valence-electron chi connectivity index (χ2n) is 30.6. The second-order valence-corrected chi connectivity index (χ2v) is 30.6. The van der Waals surface area contributed by atoms with Crippen LogP contribution in [-0.4, -0.2) is 96.6 Å². The van der Waals surface area contributed by atoms with E-state index in [0.29, 0.717) is 70.2 Å². The number of carbonyl (C=O) groups excluding carboxylic acids is 8. The molecule has 8 aromatic carbocycles. The van der Waals surface area contributed by atoms with E-state index in [4.69, 9.17) is 37.9 Å². The molecule has 12 unspecified atom stereocenters. The number of ether oxygens (including phenoxy) is 8. The fourth-order valence-corrected chi connectivity index (χ4v) is 14.5. The summed E-state index contributed by atoms with van der Waals surface area (Å²) in [5.41, 5.74) is 2.89. The molecule has 0 aliphatic heterocycles. The summed E-state index contributed by atoms with van der Waals surface area (Å²) < 4.78 is 47.1. The Kier molecular flexibility index (Phi) is 44.4. The molecule has 0 radical (unpaired) electrons. The number of hydrogen-bond acceptors (Lipinski definition) is 16. The Morgan fingerprint density at radius 2 is 0.550 bits per heavy atom. The quantitative estimate of drug-likeness (QED) is 0.0197. The topological polar surface area (TPSA) is 210 Å². The van der Waals surface area contributed by atoms with Crippen LogP contribution < -0.4 is 0 Å². The van der Waals surface area contributed by atoms with Gasteiger partial charge in [-0.1, -0.05) is 264 Å². The fraction of sp³-hybridized carbons (Fsp3) is 0.385. The Hall–Kier alpha value is -11.5. The summed E-state index contributed by atoms with van der Waals surface area (Å²) in [7, 11) is 0. The number of benzene rings is 8. The molecule has 0 fully saturated rings. The van der Waals surface area contributed by atoms with E-state index in [1.165, 1.54) is 0 Å². The van der Waals surface area contributed by atoms with Crippen LogP contribution in [0, 0.1) is 34.5 Å². The minimum absolute atomic E-state index is 0.0163. The number of esters is 8. The third-order valence-electron chi connectivity index (χ3n) is 22.1. The maximum Gasteiger partial charge on any atom is 0.338 e. The predicted octanol–water partition coefficient (Wildman–Crippen LogP) is 24.6. The summed E-state index contributed by atoms with van der Waals surface area (Å²) in [6, 6.07) is 71.5. The standard InChI is InChI=1S/C29H38O4.C27H34O4.C25H30O4.C23H26O4/c1-5-8-16-23(7-3)27(33-29(31)25-19-14-11-15-20-25)26(21-9-6-2)22(4)32-28(30)24-17-12-10-13-18-24;1-5-14-21(7-3)25(31-27(29)23-18-12-9-13-19-23)24(15-6-2)20(4)30-26(28)22-16-10-8-11-17-22;1-5-14-22(29-24(27)21-17-12-9-13-18-21)25(6-2,7-3)19(4)28-23(26)20-15-10-8-11-16-20;1-5-12-20(27-22(25)19-15-10-7-11-16-19)23(3,4)17(2)26-21(24)18-13-8-6-9-14-18/h7,10-15,17-20,22-23,26-27H,3,5-6,8-9,16,21H2,1-2,4H3;7-13,16-21,24-25H,3,5-6,14-15H2,1-2,4H3;5,8-13,15-19,22H,1,6-7,14H2,2-4H3;5-11,13-17,20H,1,12H2,2-4H3. The van der Waals surface area contributed by atoms with Crippen LogP contribution in [0.3, 0.4) is 0 Å². The van der Waals surface area contributed by atoms with Crippen molar-refractivity contribution in [3.8, 4) is 0 Å². The van der Waals surface area contributed by atoms with Crippen molar-refractivity contribution in [3.05, 3.63) is 338 Å². The van der Waals surface area contributed by atoms with Crippen molar-refractivity contribution in [2.45, 2.75) is 222 Å². The summed E-state index contributed by atoms with van der Waals surface area (Å²) in [6.07, 6.45) is 15.1. The molecule has 0 aliphatic carbocycles. The molecule has 0 amide bonds. The number of carbonyl (C=O) groups is 8. The summed E-state index contributed by atoms with van der Waals surface area (Å²) in [6.45, 7) is 39.5. The van der Waals surface area contributed by atoms with Crippen LogP contribution in [0.2, 0.25) is 0 Å². The lowest BCUT2D eigenvalue weighted by atomic mass is 9.71. The smallest absolute Gasteiger partial charge is 0.338 e. The predicted molar refractivity (Wildman–Crippen MR) is 478 cm³/mol. The van der Waals surface area contributed by atoms with Crippen molar-refractivity contribution in [1.82, 2.24) is 0 Å². The molecule has 12 atom stereocenters. The Morgan fingerprint density at radius 3 is 0.833 bits per heavy atom. The molecular weight excluding hydrogens is 1510 g/mol. The third kappa shape index (κ3) is 31.3. The maximum atomic E-state index is 13.0. The van der Waals surface area contributed by atoms with Gasteiger partial charge in [0.2, 0.25) is 0 Å². The number of hydrogen-bond donors (Lipinski definition) is 0. The molecule has 640 valence electrons. The molecule has 8 rings (SSSR count). The van der Waals surface area contributed by atoms with Gasteiger partial charge in [-0.2, -0.15) is 0 Å². The molecule has 0 saturated carbocycles.